The zero-order chi connectivity index (χ0) is 21.3. The van der Waals surface area contributed by atoms with Gasteiger partial charge in [-0.05, 0) is 90.1 Å². The van der Waals surface area contributed by atoms with Gasteiger partial charge in [0.1, 0.15) is 0 Å². The molecular formula is C23H40N4O3. The van der Waals surface area contributed by atoms with Gasteiger partial charge < -0.3 is 24.8 Å². The highest BCUT2D eigenvalue weighted by atomic mass is 16.6. The van der Waals surface area contributed by atoms with Gasteiger partial charge in [0.05, 0.1) is 6.61 Å². The summed E-state index contributed by atoms with van der Waals surface area (Å²) in [6, 6.07) is 1.42. The normalized spacial score (nSPS) is 32.7. The van der Waals surface area contributed by atoms with E-state index in [0.29, 0.717) is 30.0 Å². The van der Waals surface area contributed by atoms with Crippen molar-refractivity contribution in [3.05, 3.63) is 0 Å². The van der Waals surface area contributed by atoms with E-state index in [4.69, 9.17) is 4.74 Å². The molecule has 3 aliphatic heterocycles. The number of urea groups is 1. The second-order valence-electron chi connectivity index (χ2n) is 10.3. The van der Waals surface area contributed by atoms with Crippen molar-refractivity contribution in [3.8, 4) is 0 Å². The van der Waals surface area contributed by atoms with Crippen LogP contribution in [0.5, 0.6) is 0 Å². The number of carbonyl (C=O) groups excluding carboxylic acids is 2. The number of amides is 3. The van der Waals surface area contributed by atoms with E-state index in [2.05, 4.69) is 15.1 Å². The van der Waals surface area contributed by atoms with E-state index in [1.807, 2.05) is 25.7 Å². The van der Waals surface area contributed by atoms with Gasteiger partial charge in [-0.15, -0.1) is 0 Å². The zero-order valence-electron chi connectivity index (χ0n) is 19.1. The summed E-state index contributed by atoms with van der Waals surface area (Å²) in [5.74, 6) is 0.640. The van der Waals surface area contributed by atoms with Crippen LogP contribution in [0.1, 0.15) is 65.7 Å². The molecule has 4 rings (SSSR count). The van der Waals surface area contributed by atoms with Crippen LogP contribution in [0.15, 0.2) is 0 Å². The summed E-state index contributed by atoms with van der Waals surface area (Å²) in [4.78, 5) is 31.3. The molecule has 3 heterocycles. The van der Waals surface area contributed by atoms with Crippen molar-refractivity contribution in [2.45, 2.75) is 83.8 Å². The van der Waals surface area contributed by atoms with E-state index in [1.54, 1.807) is 0 Å². The van der Waals surface area contributed by atoms with Gasteiger partial charge in [-0.25, -0.2) is 9.59 Å². The molecule has 0 unspecified atom stereocenters. The average Bonchev–Trinajstić information content (AvgIpc) is 3.34. The minimum Gasteiger partial charge on any atom is -0.450 e. The molecule has 4 fully saturated rings. The lowest BCUT2D eigenvalue weighted by molar-refractivity contribution is -0.0144. The molecule has 170 valence electrons. The van der Waals surface area contributed by atoms with Crippen molar-refractivity contribution in [2.24, 2.45) is 11.3 Å². The number of likely N-dealkylation sites (tertiary alicyclic amines) is 3. The molecule has 1 saturated carbocycles. The van der Waals surface area contributed by atoms with Crippen LogP contribution in [0.2, 0.25) is 0 Å². The van der Waals surface area contributed by atoms with E-state index in [-0.39, 0.29) is 18.2 Å². The Kier molecular flexibility index (Phi) is 6.47. The standard InChI is InChI=1S/C23H40N4O3/c1-4-30-22(29)26-13-9-23(16-26)14-19(15-23)25-11-7-18(8-12-25)20-6-5-10-27(20)21(28)24-17(2)3/h17-20H,4-16H2,1-3H3,(H,24,28)/t19?,20-,23?/m0/s1. The van der Waals surface area contributed by atoms with Crippen molar-refractivity contribution < 1.29 is 14.3 Å². The zero-order valence-corrected chi connectivity index (χ0v) is 19.1. The van der Waals surface area contributed by atoms with Gasteiger partial charge in [0, 0.05) is 37.8 Å². The Hall–Kier alpha value is -1.50. The Morgan fingerprint density at radius 1 is 1.10 bits per heavy atom. The number of nitrogens with zero attached hydrogens (tertiary/aromatic N) is 3. The largest absolute Gasteiger partial charge is 0.450 e. The maximum Gasteiger partial charge on any atom is 0.409 e. The molecule has 30 heavy (non-hydrogen) atoms. The number of rotatable bonds is 4. The first-order valence-electron chi connectivity index (χ1n) is 12.1. The molecule has 0 aromatic rings. The van der Waals surface area contributed by atoms with Crippen molar-refractivity contribution in [1.82, 2.24) is 20.0 Å². The highest BCUT2D eigenvalue weighted by Crippen LogP contribution is 2.51. The number of hydrogen-bond acceptors (Lipinski definition) is 4. The third-order valence-corrected chi connectivity index (χ3v) is 7.91. The Bertz CT molecular complexity index is 626. The first kappa shape index (κ1) is 21.7. The molecular weight excluding hydrogens is 380 g/mol. The quantitative estimate of drug-likeness (QED) is 0.758. The molecule has 0 aromatic heterocycles. The maximum atomic E-state index is 12.6. The van der Waals surface area contributed by atoms with Crippen LogP contribution in [0, 0.1) is 11.3 Å². The van der Waals surface area contributed by atoms with E-state index < -0.39 is 0 Å². The van der Waals surface area contributed by atoms with Gasteiger partial charge in [0.2, 0.25) is 0 Å². The fourth-order valence-corrected chi connectivity index (χ4v) is 6.37. The predicted octanol–water partition coefficient (Wildman–Crippen LogP) is 3.29. The topological polar surface area (TPSA) is 65.1 Å². The molecule has 0 radical (unpaired) electrons. The van der Waals surface area contributed by atoms with E-state index in [0.717, 1.165) is 52.0 Å². The molecule has 1 atom stereocenters. The van der Waals surface area contributed by atoms with Gasteiger partial charge in [-0.3, -0.25) is 0 Å². The summed E-state index contributed by atoms with van der Waals surface area (Å²) in [7, 11) is 0. The third-order valence-electron chi connectivity index (χ3n) is 7.91. The Morgan fingerprint density at radius 3 is 2.50 bits per heavy atom. The summed E-state index contributed by atoms with van der Waals surface area (Å²) in [5, 5.41) is 3.09. The van der Waals surface area contributed by atoms with Crippen molar-refractivity contribution in [3.63, 3.8) is 0 Å². The average molecular weight is 421 g/mol. The monoisotopic (exact) mass is 420 g/mol. The predicted molar refractivity (Wildman–Crippen MR) is 116 cm³/mol. The summed E-state index contributed by atoms with van der Waals surface area (Å²) in [6.07, 6.45) is 8.13. The molecule has 4 aliphatic rings. The van der Waals surface area contributed by atoms with Crippen molar-refractivity contribution in [1.29, 1.82) is 0 Å². The molecule has 1 spiro atoms. The summed E-state index contributed by atoms with van der Waals surface area (Å²) in [5.41, 5.74) is 0.339. The van der Waals surface area contributed by atoms with Crippen LogP contribution in [0.25, 0.3) is 0 Å². The number of piperidine rings is 1. The molecule has 7 heteroatoms. The number of carbonyl (C=O) groups is 2. The SMILES string of the molecule is CCOC(=O)N1CCC2(CC(N3CCC([C@@H]4CCCN4C(=O)NC(C)C)CC3)C2)C1. The van der Waals surface area contributed by atoms with Crippen molar-refractivity contribution in [2.75, 3.05) is 39.3 Å². The van der Waals surface area contributed by atoms with Crippen LogP contribution in [0.4, 0.5) is 9.59 Å². The second-order valence-corrected chi connectivity index (χ2v) is 10.3. The van der Waals surface area contributed by atoms with Gasteiger partial charge in [0.25, 0.3) is 0 Å². The molecule has 0 bridgehead atoms. The second kappa shape index (κ2) is 8.93. The Balaban J connectivity index is 1.22. The molecule has 3 saturated heterocycles. The van der Waals surface area contributed by atoms with Crippen LogP contribution >= 0.6 is 0 Å². The fraction of sp³-hybridized carbons (Fsp3) is 0.913. The smallest absolute Gasteiger partial charge is 0.409 e. The van der Waals surface area contributed by atoms with Gasteiger partial charge in [0.15, 0.2) is 0 Å². The first-order valence-corrected chi connectivity index (χ1v) is 12.1. The van der Waals surface area contributed by atoms with Crippen LogP contribution in [-0.4, -0.2) is 84.3 Å². The van der Waals surface area contributed by atoms with Gasteiger partial charge in [-0.1, -0.05) is 0 Å². The highest BCUT2D eigenvalue weighted by molar-refractivity contribution is 5.75. The molecule has 1 aliphatic carbocycles. The number of hydrogen-bond donors (Lipinski definition) is 1. The highest BCUT2D eigenvalue weighted by Gasteiger charge is 2.51. The lowest BCUT2D eigenvalue weighted by Gasteiger charge is -2.52. The van der Waals surface area contributed by atoms with E-state index >= 15 is 0 Å². The number of nitrogens with one attached hydrogen (secondary N) is 1. The van der Waals surface area contributed by atoms with E-state index in [9.17, 15) is 9.59 Å². The third kappa shape index (κ3) is 4.41. The van der Waals surface area contributed by atoms with Crippen LogP contribution < -0.4 is 5.32 Å². The van der Waals surface area contributed by atoms with Crippen LogP contribution in [-0.2, 0) is 4.74 Å². The molecule has 7 nitrogen and oxygen atoms in total. The van der Waals surface area contributed by atoms with Gasteiger partial charge >= 0.3 is 12.1 Å². The van der Waals surface area contributed by atoms with E-state index in [1.165, 1.54) is 25.7 Å². The molecule has 1 N–H and O–H groups in total. The summed E-state index contributed by atoms with van der Waals surface area (Å²) in [6.45, 7) is 11.3. The lowest BCUT2D eigenvalue weighted by atomic mass is 9.64. The van der Waals surface area contributed by atoms with Gasteiger partial charge in [-0.2, -0.15) is 0 Å². The lowest BCUT2D eigenvalue weighted by Crippen LogP contribution is -2.55. The maximum absolute atomic E-state index is 12.6. The minimum atomic E-state index is -0.138. The van der Waals surface area contributed by atoms with Crippen molar-refractivity contribution >= 4 is 12.1 Å². The molecule has 0 aromatic carbocycles. The summed E-state index contributed by atoms with van der Waals surface area (Å²) < 4.78 is 5.18. The minimum absolute atomic E-state index is 0.128. The first-order chi connectivity index (χ1) is 14.4. The Labute approximate surface area is 181 Å². The fourth-order valence-electron chi connectivity index (χ4n) is 6.37. The van der Waals surface area contributed by atoms with Crippen LogP contribution in [0.3, 0.4) is 0 Å². The summed E-state index contributed by atoms with van der Waals surface area (Å²) >= 11 is 0. The number of ether oxygens (including phenoxy) is 1. The molecule has 3 amide bonds. The Morgan fingerprint density at radius 2 is 1.83 bits per heavy atom.